The monoisotopic (exact) mass is 279 g/mol. The molecular weight excluding hydrogens is 257 g/mol. The van der Waals surface area contributed by atoms with E-state index in [0.29, 0.717) is 0 Å². The Bertz CT molecular complexity index is 274. The van der Waals surface area contributed by atoms with Crippen molar-refractivity contribution in [1.82, 2.24) is 0 Å². The first-order valence-corrected chi connectivity index (χ1v) is 5.15. The van der Waals surface area contributed by atoms with Crippen LogP contribution in [0.1, 0.15) is 41.7 Å². The molecule has 0 nitrogen and oxygen atoms in total. The van der Waals surface area contributed by atoms with Gasteiger partial charge in [-0.25, -0.2) is 0 Å². The van der Waals surface area contributed by atoms with Crippen molar-refractivity contribution in [2.24, 2.45) is 0 Å². The molecule has 0 spiro atoms. The van der Waals surface area contributed by atoms with Gasteiger partial charge in [-0.1, -0.05) is 34.6 Å². The number of hydrogen-bond donors (Lipinski definition) is 0. The second kappa shape index (κ2) is 8.47. The maximum atomic E-state index is 3.35. The van der Waals surface area contributed by atoms with Crippen molar-refractivity contribution in [1.29, 1.82) is 0 Å². The van der Waals surface area contributed by atoms with Crippen LogP contribution in [0.4, 0.5) is 0 Å². The molecule has 0 N–H and O–H groups in total. The van der Waals surface area contributed by atoms with Crippen molar-refractivity contribution in [2.75, 3.05) is 0 Å². The maximum absolute atomic E-state index is 3.35. The van der Waals surface area contributed by atoms with Gasteiger partial charge in [0.1, 0.15) is 0 Å². The fraction of sp³-hybridized carbons (Fsp3) is 0.500. The quantitative estimate of drug-likeness (QED) is 0.623. The average Bonchev–Trinajstić information content (AvgIpc) is 2.13. The molecule has 0 atom stereocenters. The third-order valence-electron chi connectivity index (χ3n) is 2.62. The van der Waals surface area contributed by atoms with Gasteiger partial charge < -0.3 is 6.42 Å². The molecular formula is C14H22Y-2. The minimum Gasteiger partial charge on any atom is -0.335 e. The van der Waals surface area contributed by atoms with Crippen molar-refractivity contribution in [3.05, 3.63) is 40.3 Å². The van der Waals surface area contributed by atoms with E-state index in [9.17, 15) is 0 Å². The van der Waals surface area contributed by atoms with Gasteiger partial charge in [0, 0.05) is 32.7 Å². The van der Waals surface area contributed by atoms with Crippen LogP contribution in [0.2, 0.25) is 0 Å². The molecule has 0 aliphatic carbocycles. The summed E-state index contributed by atoms with van der Waals surface area (Å²) in [5, 5.41) is 0. The molecule has 1 heteroatoms. The fourth-order valence-corrected chi connectivity index (χ4v) is 1.31. The molecule has 0 aliphatic heterocycles. The smallest absolute Gasteiger partial charge is 0 e. The van der Waals surface area contributed by atoms with Gasteiger partial charge in [-0.05, 0) is 0 Å². The third-order valence-corrected chi connectivity index (χ3v) is 2.62. The molecule has 0 bridgehead atoms. The first-order chi connectivity index (χ1) is 6.45. The van der Waals surface area contributed by atoms with E-state index in [2.05, 4.69) is 40.7 Å². The van der Waals surface area contributed by atoms with E-state index in [1.165, 1.54) is 27.8 Å². The Balaban J connectivity index is 0. The van der Waals surface area contributed by atoms with Crippen LogP contribution in [0.5, 0.6) is 0 Å². The third kappa shape index (κ3) is 5.27. The zero-order valence-corrected chi connectivity index (χ0v) is 14.0. The molecule has 0 aliphatic rings. The Labute approximate surface area is 121 Å². The summed E-state index contributed by atoms with van der Waals surface area (Å²) in [5.74, 6) is 0. The first-order valence-electron chi connectivity index (χ1n) is 5.15. The summed E-state index contributed by atoms with van der Waals surface area (Å²) in [6.45, 7) is 14.7. The Morgan fingerprint density at radius 1 is 0.733 bits per heavy atom. The summed E-state index contributed by atoms with van der Waals surface area (Å²) in [7, 11) is 0. The van der Waals surface area contributed by atoms with Gasteiger partial charge in [0.15, 0.2) is 0 Å². The molecule has 0 unspecified atom stereocenters. The van der Waals surface area contributed by atoms with Gasteiger partial charge in [-0.15, -0.1) is 0 Å². The number of aryl methyl sites for hydroxylation is 2. The first kappa shape index (κ1) is 17.7. The summed E-state index contributed by atoms with van der Waals surface area (Å²) < 4.78 is 0. The zero-order chi connectivity index (χ0) is 11.3. The van der Waals surface area contributed by atoms with Gasteiger partial charge in [0.25, 0.3) is 0 Å². The van der Waals surface area contributed by atoms with Crippen molar-refractivity contribution in [3.8, 4) is 0 Å². The van der Waals surface area contributed by atoms with Crippen molar-refractivity contribution >= 4 is 0 Å². The molecule has 0 saturated heterocycles. The van der Waals surface area contributed by atoms with Crippen molar-refractivity contribution in [2.45, 2.75) is 48.5 Å². The predicted octanol–water partition coefficient (Wildman–Crippen LogP) is 4.26. The molecule has 1 aromatic carbocycles. The van der Waals surface area contributed by atoms with Crippen LogP contribution in [0.3, 0.4) is 0 Å². The van der Waals surface area contributed by atoms with Gasteiger partial charge in [-0.3, -0.25) is 0 Å². The van der Waals surface area contributed by atoms with E-state index in [4.69, 9.17) is 0 Å². The molecule has 0 heterocycles. The van der Waals surface area contributed by atoms with E-state index in [-0.39, 0.29) is 32.7 Å². The summed E-state index contributed by atoms with van der Waals surface area (Å²) in [5.41, 5.74) is 6.75. The molecule has 0 saturated carbocycles. The number of benzene rings is 1. The zero-order valence-electron chi connectivity index (χ0n) is 11.2. The maximum Gasteiger partial charge on any atom is 0 e. The van der Waals surface area contributed by atoms with E-state index >= 15 is 0 Å². The molecule has 0 fully saturated rings. The second-order valence-electron chi connectivity index (χ2n) is 3.83. The van der Waals surface area contributed by atoms with Gasteiger partial charge in [-0.2, -0.15) is 47.7 Å². The van der Waals surface area contributed by atoms with Crippen LogP contribution >= 0.6 is 0 Å². The van der Waals surface area contributed by atoms with Crippen LogP contribution in [-0.4, -0.2) is 0 Å². The van der Waals surface area contributed by atoms with E-state index in [1.54, 1.807) is 0 Å². The minimum atomic E-state index is 0. The molecule has 1 rings (SSSR count). The van der Waals surface area contributed by atoms with Gasteiger partial charge in [0.05, 0.1) is 0 Å². The molecule has 1 radical (unpaired) electrons. The Morgan fingerprint density at radius 3 is 1.27 bits per heavy atom. The molecule has 83 valence electrons. The Hall–Kier alpha value is 0.324. The summed E-state index contributed by atoms with van der Waals surface area (Å²) in [4.78, 5) is 0. The SMILES string of the molecule is C[CH-]C.Cc1[c-]c(C)c(C)c(C)c1C.[Y]. The molecule has 0 amide bonds. The van der Waals surface area contributed by atoms with Crippen LogP contribution in [-0.2, 0) is 32.7 Å². The fourth-order valence-electron chi connectivity index (χ4n) is 1.31. The number of hydrogen-bond acceptors (Lipinski definition) is 0. The van der Waals surface area contributed by atoms with Gasteiger partial charge >= 0.3 is 0 Å². The van der Waals surface area contributed by atoms with Gasteiger partial charge in [0.2, 0.25) is 0 Å². The van der Waals surface area contributed by atoms with Crippen LogP contribution in [0.25, 0.3) is 0 Å². The summed E-state index contributed by atoms with van der Waals surface area (Å²) in [6.07, 6.45) is 2.00. The van der Waals surface area contributed by atoms with Crippen LogP contribution in [0, 0.1) is 47.1 Å². The largest absolute Gasteiger partial charge is 0.335 e. The summed E-state index contributed by atoms with van der Waals surface area (Å²) >= 11 is 0. The van der Waals surface area contributed by atoms with E-state index in [1.807, 2.05) is 20.3 Å². The van der Waals surface area contributed by atoms with E-state index in [0.717, 1.165) is 0 Å². The average molecular weight is 279 g/mol. The predicted molar refractivity (Wildman–Crippen MR) is 64.6 cm³/mol. The van der Waals surface area contributed by atoms with Crippen LogP contribution < -0.4 is 0 Å². The van der Waals surface area contributed by atoms with Crippen LogP contribution in [0.15, 0.2) is 0 Å². The topological polar surface area (TPSA) is 0 Å². The number of rotatable bonds is 0. The molecule has 1 aromatic rings. The summed E-state index contributed by atoms with van der Waals surface area (Å²) in [6, 6.07) is 3.35. The molecule has 0 aromatic heterocycles. The Kier molecular flexibility index (Phi) is 10.0. The standard InChI is InChI=1S/C11H15.C3H7.Y/c1-7-6-8(2)10(4)11(5)9(7)3;1-3-2;/h1-5H3;3H,1-2H3;/q2*-1;. The van der Waals surface area contributed by atoms with Crippen molar-refractivity contribution in [3.63, 3.8) is 0 Å². The minimum absolute atomic E-state index is 0. The van der Waals surface area contributed by atoms with E-state index < -0.39 is 0 Å². The second-order valence-corrected chi connectivity index (χ2v) is 3.83. The molecule has 15 heavy (non-hydrogen) atoms. The van der Waals surface area contributed by atoms with Crippen molar-refractivity contribution < 1.29 is 32.7 Å². The Morgan fingerprint density at radius 2 is 1.00 bits per heavy atom. The normalized spacial score (nSPS) is 8.73.